The van der Waals surface area contributed by atoms with Crippen LogP contribution in [0.2, 0.25) is 5.02 Å². The van der Waals surface area contributed by atoms with Gasteiger partial charge in [-0.3, -0.25) is 9.59 Å². The average Bonchev–Trinajstić information content (AvgIpc) is 2.71. The van der Waals surface area contributed by atoms with Gasteiger partial charge in [0.15, 0.2) is 5.60 Å². The summed E-state index contributed by atoms with van der Waals surface area (Å²) in [6.07, 6.45) is -0.260. The molecule has 124 valence electrons. The van der Waals surface area contributed by atoms with Crippen molar-refractivity contribution in [2.75, 3.05) is 4.90 Å². The number of benzene rings is 2. The van der Waals surface area contributed by atoms with Crippen LogP contribution >= 0.6 is 11.6 Å². The molecule has 0 spiro atoms. The second-order valence-corrected chi connectivity index (χ2v) is 6.71. The lowest BCUT2D eigenvalue weighted by Gasteiger charge is -2.22. The quantitative estimate of drug-likeness (QED) is 0.926. The third-order valence-electron chi connectivity index (χ3n) is 4.26. The molecule has 0 saturated heterocycles. The first-order valence-corrected chi connectivity index (χ1v) is 8.08. The number of amides is 1. The molecular weight excluding hydrogens is 326 g/mol. The number of halogens is 1. The zero-order valence-electron chi connectivity index (χ0n) is 13.5. The first-order chi connectivity index (χ1) is 11.3. The standard InChI is InChI=1S/C19H18ClNO3/c1-12-3-5-14(6-4-12)11-21-17-8-7-15(20)9-16(17)19(24,18(21)23)10-13(2)22/h3-9,24H,10-11H2,1-2H3/t19-/m1/s1. The summed E-state index contributed by atoms with van der Waals surface area (Å²) in [5.74, 6) is -0.746. The highest BCUT2D eigenvalue weighted by molar-refractivity contribution is 6.31. The summed E-state index contributed by atoms with van der Waals surface area (Å²) in [7, 11) is 0. The molecular formula is C19H18ClNO3. The van der Waals surface area contributed by atoms with E-state index in [1.807, 2.05) is 31.2 Å². The summed E-state index contributed by atoms with van der Waals surface area (Å²) >= 11 is 6.03. The molecule has 0 bridgehead atoms. The molecule has 1 aliphatic rings. The van der Waals surface area contributed by atoms with E-state index in [9.17, 15) is 14.7 Å². The van der Waals surface area contributed by atoms with E-state index in [4.69, 9.17) is 11.6 Å². The lowest BCUT2D eigenvalue weighted by Crippen LogP contribution is -2.41. The van der Waals surface area contributed by atoms with Crippen molar-refractivity contribution in [3.05, 3.63) is 64.2 Å². The summed E-state index contributed by atoms with van der Waals surface area (Å²) in [4.78, 5) is 26.0. The van der Waals surface area contributed by atoms with Crippen LogP contribution in [0.3, 0.4) is 0 Å². The molecule has 0 aliphatic carbocycles. The largest absolute Gasteiger partial charge is 0.375 e. The monoisotopic (exact) mass is 343 g/mol. The van der Waals surface area contributed by atoms with Gasteiger partial charge in [0.05, 0.1) is 12.2 Å². The van der Waals surface area contributed by atoms with E-state index in [1.54, 1.807) is 18.2 Å². The van der Waals surface area contributed by atoms with Gasteiger partial charge in [-0.05, 0) is 37.6 Å². The second kappa shape index (κ2) is 6.04. The number of hydrogen-bond acceptors (Lipinski definition) is 3. The zero-order chi connectivity index (χ0) is 17.5. The van der Waals surface area contributed by atoms with Crippen LogP contribution in [0.15, 0.2) is 42.5 Å². The molecule has 1 aliphatic heterocycles. The van der Waals surface area contributed by atoms with Crippen molar-refractivity contribution >= 4 is 29.0 Å². The highest BCUT2D eigenvalue weighted by Crippen LogP contribution is 2.44. The van der Waals surface area contributed by atoms with Crippen LogP contribution in [0.5, 0.6) is 0 Å². The lowest BCUT2D eigenvalue weighted by molar-refractivity contribution is -0.141. The molecule has 0 aromatic heterocycles. The number of fused-ring (bicyclic) bond motifs is 1. The smallest absolute Gasteiger partial charge is 0.264 e. The Morgan fingerprint density at radius 3 is 2.50 bits per heavy atom. The number of rotatable bonds is 4. The molecule has 2 aromatic carbocycles. The van der Waals surface area contributed by atoms with Crippen LogP contribution < -0.4 is 4.90 Å². The normalized spacial score (nSPS) is 19.5. The van der Waals surface area contributed by atoms with Crippen molar-refractivity contribution < 1.29 is 14.7 Å². The lowest BCUT2D eigenvalue weighted by atomic mass is 9.90. The van der Waals surface area contributed by atoms with Gasteiger partial charge in [0.25, 0.3) is 5.91 Å². The van der Waals surface area contributed by atoms with Crippen molar-refractivity contribution in [3.8, 4) is 0 Å². The van der Waals surface area contributed by atoms with E-state index in [1.165, 1.54) is 11.8 Å². The van der Waals surface area contributed by atoms with Gasteiger partial charge in [0, 0.05) is 17.0 Å². The Balaban J connectivity index is 2.04. The van der Waals surface area contributed by atoms with Crippen molar-refractivity contribution in [3.63, 3.8) is 0 Å². The van der Waals surface area contributed by atoms with E-state index >= 15 is 0 Å². The SMILES string of the molecule is CC(=O)C[C@]1(O)C(=O)N(Cc2ccc(C)cc2)c2ccc(Cl)cc21. The molecule has 1 N–H and O–H groups in total. The Hall–Kier alpha value is -2.17. The maximum Gasteiger partial charge on any atom is 0.264 e. The second-order valence-electron chi connectivity index (χ2n) is 6.28. The van der Waals surface area contributed by atoms with Gasteiger partial charge in [-0.25, -0.2) is 0 Å². The van der Waals surface area contributed by atoms with Crippen LogP contribution in [-0.2, 0) is 21.7 Å². The molecule has 2 aromatic rings. The van der Waals surface area contributed by atoms with E-state index in [0.29, 0.717) is 22.8 Å². The Morgan fingerprint density at radius 1 is 1.21 bits per heavy atom. The summed E-state index contributed by atoms with van der Waals surface area (Å²) < 4.78 is 0. The number of Topliss-reactive ketones (excluding diaryl/α,β-unsaturated/α-hetero) is 1. The van der Waals surface area contributed by atoms with Gasteiger partial charge in [-0.15, -0.1) is 0 Å². The Bertz CT molecular complexity index is 816. The molecule has 5 heteroatoms. The van der Waals surface area contributed by atoms with E-state index in [0.717, 1.165) is 11.1 Å². The molecule has 4 nitrogen and oxygen atoms in total. The Labute approximate surface area is 145 Å². The minimum Gasteiger partial charge on any atom is -0.375 e. The van der Waals surface area contributed by atoms with E-state index < -0.39 is 11.5 Å². The van der Waals surface area contributed by atoms with Crippen molar-refractivity contribution in [1.82, 2.24) is 0 Å². The maximum absolute atomic E-state index is 12.9. The molecule has 0 radical (unpaired) electrons. The van der Waals surface area contributed by atoms with Crippen LogP contribution in [-0.4, -0.2) is 16.8 Å². The predicted molar refractivity (Wildman–Crippen MR) is 93.0 cm³/mol. The molecule has 0 saturated carbocycles. The molecule has 1 atom stereocenters. The number of aryl methyl sites for hydroxylation is 1. The molecule has 24 heavy (non-hydrogen) atoms. The van der Waals surface area contributed by atoms with Gasteiger partial charge in [0.1, 0.15) is 5.78 Å². The van der Waals surface area contributed by atoms with Crippen LogP contribution in [0.25, 0.3) is 0 Å². The minimum absolute atomic E-state index is 0.256. The Kier molecular flexibility index (Phi) is 4.20. The van der Waals surface area contributed by atoms with Gasteiger partial charge >= 0.3 is 0 Å². The number of anilines is 1. The number of carbonyl (C=O) groups excluding carboxylic acids is 2. The zero-order valence-corrected chi connectivity index (χ0v) is 14.3. The minimum atomic E-state index is -1.85. The number of carbonyl (C=O) groups is 2. The van der Waals surface area contributed by atoms with Gasteiger partial charge in [-0.1, -0.05) is 41.4 Å². The number of nitrogens with zero attached hydrogens (tertiary/aromatic N) is 1. The maximum atomic E-state index is 12.9. The highest BCUT2D eigenvalue weighted by Gasteiger charge is 2.50. The summed E-state index contributed by atoms with van der Waals surface area (Å²) in [5, 5.41) is 11.3. The number of ketones is 1. The summed E-state index contributed by atoms with van der Waals surface area (Å²) in [5.41, 5.74) is 1.21. The topological polar surface area (TPSA) is 57.6 Å². The van der Waals surface area contributed by atoms with Crippen molar-refractivity contribution in [1.29, 1.82) is 0 Å². The fourth-order valence-electron chi connectivity index (χ4n) is 3.09. The Morgan fingerprint density at radius 2 is 1.88 bits per heavy atom. The summed E-state index contributed by atoms with van der Waals surface area (Å²) in [6, 6.07) is 12.8. The number of aliphatic hydroxyl groups is 1. The van der Waals surface area contributed by atoms with Gasteiger partial charge < -0.3 is 10.0 Å². The third-order valence-corrected chi connectivity index (χ3v) is 4.50. The molecule has 3 rings (SSSR count). The van der Waals surface area contributed by atoms with E-state index in [-0.39, 0.29) is 12.2 Å². The van der Waals surface area contributed by atoms with Crippen LogP contribution in [0, 0.1) is 6.92 Å². The average molecular weight is 344 g/mol. The molecule has 0 fully saturated rings. The third kappa shape index (κ3) is 2.83. The first-order valence-electron chi connectivity index (χ1n) is 7.70. The summed E-state index contributed by atoms with van der Waals surface area (Å²) in [6.45, 7) is 3.68. The molecule has 1 heterocycles. The van der Waals surface area contributed by atoms with Crippen LogP contribution in [0.4, 0.5) is 5.69 Å². The van der Waals surface area contributed by atoms with Crippen molar-refractivity contribution in [2.45, 2.75) is 32.4 Å². The fraction of sp³-hybridized carbons (Fsp3) is 0.263. The number of hydrogen-bond donors (Lipinski definition) is 1. The molecule has 0 unspecified atom stereocenters. The van der Waals surface area contributed by atoms with E-state index in [2.05, 4.69) is 0 Å². The van der Waals surface area contributed by atoms with Gasteiger partial charge in [-0.2, -0.15) is 0 Å². The highest BCUT2D eigenvalue weighted by atomic mass is 35.5. The fourth-order valence-corrected chi connectivity index (χ4v) is 3.26. The van der Waals surface area contributed by atoms with Crippen LogP contribution in [0.1, 0.15) is 30.0 Å². The molecule has 1 amide bonds. The predicted octanol–water partition coefficient (Wildman–Crippen LogP) is 3.36. The van der Waals surface area contributed by atoms with Gasteiger partial charge in [0.2, 0.25) is 0 Å². The first kappa shape index (κ1) is 16.7. The van der Waals surface area contributed by atoms with Crippen molar-refractivity contribution in [2.24, 2.45) is 0 Å².